The molecule has 17 heavy (non-hydrogen) atoms. The molecule has 0 saturated heterocycles. The number of nitrogens with zero attached hydrogens (tertiary/aromatic N) is 1. The lowest BCUT2D eigenvalue weighted by Gasteiger charge is -2.23. The summed E-state index contributed by atoms with van der Waals surface area (Å²) in [7, 11) is 0. The number of carboxylic acids is 1. The summed E-state index contributed by atoms with van der Waals surface area (Å²) >= 11 is 0. The van der Waals surface area contributed by atoms with E-state index in [-0.39, 0.29) is 25.2 Å². The molecule has 0 aromatic carbocycles. The van der Waals surface area contributed by atoms with E-state index in [4.69, 9.17) is 11.5 Å². The second kappa shape index (κ2) is 6.14. The molecule has 2 amide bonds. The molecule has 1 fully saturated rings. The first-order chi connectivity index (χ1) is 8.04. The minimum Gasteiger partial charge on any atom is -0.480 e. The molecule has 0 radical (unpaired) electrons. The van der Waals surface area contributed by atoms with Crippen LogP contribution in [0.25, 0.3) is 0 Å². The van der Waals surface area contributed by atoms with E-state index < -0.39 is 5.97 Å². The van der Waals surface area contributed by atoms with Crippen molar-refractivity contribution in [2.45, 2.75) is 32.2 Å². The van der Waals surface area contributed by atoms with Crippen LogP contribution in [0, 0.1) is 18.3 Å². The van der Waals surface area contributed by atoms with Crippen LogP contribution in [-0.2, 0) is 4.79 Å². The Labute approximate surface area is 101 Å². The number of nitrogens with one attached hydrogen (secondary N) is 1. The van der Waals surface area contributed by atoms with Crippen molar-refractivity contribution in [1.82, 2.24) is 10.2 Å². The fraction of sp³-hybridized carbons (Fsp3) is 0.667. The highest BCUT2D eigenvalue weighted by Crippen LogP contribution is 2.24. The van der Waals surface area contributed by atoms with Gasteiger partial charge < -0.3 is 15.3 Å². The highest BCUT2D eigenvalue weighted by Gasteiger charge is 2.26. The number of aliphatic carboxylic acids is 1. The summed E-state index contributed by atoms with van der Waals surface area (Å²) in [5.74, 6) is 1.67. The fourth-order valence-corrected chi connectivity index (χ4v) is 2.08. The molecule has 2 atom stereocenters. The normalized spacial score (nSPS) is 22.8. The third kappa shape index (κ3) is 3.99. The van der Waals surface area contributed by atoms with Gasteiger partial charge in [-0.2, -0.15) is 0 Å². The van der Waals surface area contributed by atoms with Crippen molar-refractivity contribution in [3.8, 4) is 12.3 Å². The van der Waals surface area contributed by atoms with Crippen molar-refractivity contribution in [3.05, 3.63) is 0 Å². The van der Waals surface area contributed by atoms with Crippen molar-refractivity contribution >= 4 is 12.0 Å². The topological polar surface area (TPSA) is 69.6 Å². The number of urea groups is 1. The van der Waals surface area contributed by atoms with Crippen LogP contribution in [0.5, 0.6) is 0 Å². The third-order valence-corrected chi connectivity index (χ3v) is 3.07. The maximum atomic E-state index is 11.8. The molecule has 0 aromatic heterocycles. The molecule has 94 valence electrons. The number of rotatable bonds is 4. The van der Waals surface area contributed by atoms with Crippen molar-refractivity contribution in [1.29, 1.82) is 0 Å². The Kier molecular flexibility index (Phi) is 4.83. The van der Waals surface area contributed by atoms with E-state index in [1.807, 2.05) is 0 Å². The molecule has 1 aliphatic rings. The van der Waals surface area contributed by atoms with Gasteiger partial charge >= 0.3 is 12.0 Å². The van der Waals surface area contributed by atoms with Crippen LogP contribution in [0.3, 0.4) is 0 Å². The van der Waals surface area contributed by atoms with Gasteiger partial charge in [0.05, 0.1) is 6.54 Å². The maximum Gasteiger partial charge on any atom is 0.323 e. The lowest BCUT2D eigenvalue weighted by molar-refractivity contribution is -0.137. The summed E-state index contributed by atoms with van der Waals surface area (Å²) in [6.07, 6.45) is 8.26. The Morgan fingerprint density at radius 2 is 2.24 bits per heavy atom. The largest absolute Gasteiger partial charge is 0.480 e. The highest BCUT2D eigenvalue weighted by atomic mass is 16.4. The molecule has 0 spiro atoms. The van der Waals surface area contributed by atoms with E-state index >= 15 is 0 Å². The van der Waals surface area contributed by atoms with Crippen LogP contribution in [0.1, 0.15) is 26.2 Å². The Hall–Kier alpha value is -1.70. The number of hydrogen-bond donors (Lipinski definition) is 2. The van der Waals surface area contributed by atoms with Crippen LogP contribution in [0.4, 0.5) is 4.79 Å². The first-order valence-electron chi connectivity index (χ1n) is 5.75. The van der Waals surface area contributed by atoms with Crippen molar-refractivity contribution in [2.75, 3.05) is 13.1 Å². The van der Waals surface area contributed by atoms with Crippen LogP contribution in [-0.4, -0.2) is 41.1 Å². The molecular weight excluding hydrogens is 220 g/mol. The average Bonchev–Trinajstić information content (AvgIpc) is 2.63. The molecule has 5 nitrogen and oxygen atoms in total. The van der Waals surface area contributed by atoms with Gasteiger partial charge in [-0.25, -0.2) is 4.79 Å². The SMILES string of the molecule is C#CCN(CC(=O)O)C(=O)NC1CCCC1C. The number of amides is 2. The van der Waals surface area contributed by atoms with E-state index in [1.165, 1.54) is 0 Å². The zero-order valence-electron chi connectivity index (χ0n) is 9.98. The Bertz CT molecular complexity index is 335. The van der Waals surface area contributed by atoms with Gasteiger partial charge in [-0.3, -0.25) is 4.79 Å². The molecule has 0 heterocycles. The molecule has 5 heteroatoms. The highest BCUT2D eigenvalue weighted by molar-refractivity contribution is 5.80. The van der Waals surface area contributed by atoms with Crippen LogP contribution >= 0.6 is 0 Å². The number of terminal acetylenes is 1. The van der Waals surface area contributed by atoms with E-state index in [2.05, 4.69) is 18.2 Å². The van der Waals surface area contributed by atoms with E-state index in [1.54, 1.807) is 0 Å². The monoisotopic (exact) mass is 238 g/mol. The van der Waals surface area contributed by atoms with Crippen molar-refractivity contribution < 1.29 is 14.7 Å². The van der Waals surface area contributed by atoms with Crippen LogP contribution in [0.15, 0.2) is 0 Å². The lowest BCUT2D eigenvalue weighted by Crippen LogP contribution is -2.47. The second-order valence-corrected chi connectivity index (χ2v) is 4.42. The van der Waals surface area contributed by atoms with E-state index in [0.717, 1.165) is 24.2 Å². The van der Waals surface area contributed by atoms with Gasteiger partial charge in [0, 0.05) is 6.04 Å². The molecule has 0 aromatic rings. The van der Waals surface area contributed by atoms with Gasteiger partial charge in [0.1, 0.15) is 6.54 Å². The molecule has 0 aliphatic heterocycles. The Balaban J connectivity index is 2.52. The quantitative estimate of drug-likeness (QED) is 0.715. The number of carbonyl (C=O) groups excluding carboxylic acids is 1. The number of hydrogen-bond acceptors (Lipinski definition) is 2. The fourth-order valence-electron chi connectivity index (χ4n) is 2.08. The molecular formula is C12H18N2O3. The van der Waals surface area contributed by atoms with Crippen LogP contribution < -0.4 is 5.32 Å². The average molecular weight is 238 g/mol. The summed E-state index contributed by atoms with van der Waals surface area (Å²) in [5, 5.41) is 11.5. The summed E-state index contributed by atoms with van der Waals surface area (Å²) in [4.78, 5) is 23.6. The van der Waals surface area contributed by atoms with E-state index in [9.17, 15) is 9.59 Å². The molecule has 0 bridgehead atoms. The van der Waals surface area contributed by atoms with Gasteiger partial charge in [0.25, 0.3) is 0 Å². The molecule has 1 rings (SSSR count). The van der Waals surface area contributed by atoms with Gasteiger partial charge in [-0.1, -0.05) is 19.3 Å². The summed E-state index contributed by atoms with van der Waals surface area (Å²) < 4.78 is 0. The smallest absolute Gasteiger partial charge is 0.323 e. The van der Waals surface area contributed by atoms with Crippen molar-refractivity contribution in [2.24, 2.45) is 5.92 Å². The van der Waals surface area contributed by atoms with Gasteiger partial charge in [-0.15, -0.1) is 6.42 Å². The Morgan fingerprint density at radius 3 is 2.71 bits per heavy atom. The van der Waals surface area contributed by atoms with Gasteiger partial charge in [0.2, 0.25) is 0 Å². The molecule has 2 unspecified atom stereocenters. The summed E-state index contributed by atoms with van der Waals surface area (Å²) in [5.41, 5.74) is 0. The summed E-state index contributed by atoms with van der Waals surface area (Å²) in [6, 6.07) is -0.249. The second-order valence-electron chi connectivity index (χ2n) is 4.42. The molecule has 1 saturated carbocycles. The zero-order valence-corrected chi connectivity index (χ0v) is 9.98. The number of carboxylic acid groups (broad SMARTS) is 1. The summed E-state index contributed by atoms with van der Waals surface area (Å²) in [6.45, 7) is 1.73. The van der Waals surface area contributed by atoms with Gasteiger partial charge in [-0.05, 0) is 18.8 Å². The first-order valence-corrected chi connectivity index (χ1v) is 5.75. The Morgan fingerprint density at radius 1 is 1.53 bits per heavy atom. The van der Waals surface area contributed by atoms with Gasteiger partial charge in [0.15, 0.2) is 0 Å². The minimum absolute atomic E-state index is 0.0131. The third-order valence-electron chi connectivity index (χ3n) is 3.07. The zero-order chi connectivity index (χ0) is 12.8. The van der Waals surface area contributed by atoms with Crippen molar-refractivity contribution in [3.63, 3.8) is 0 Å². The standard InChI is InChI=1S/C12H18N2O3/c1-3-7-14(8-11(15)16)12(17)13-10-6-4-5-9(10)2/h1,9-10H,4-8H2,2H3,(H,13,17)(H,15,16). The number of carbonyl (C=O) groups is 2. The molecule has 1 aliphatic carbocycles. The van der Waals surface area contributed by atoms with E-state index in [0.29, 0.717) is 5.92 Å². The predicted molar refractivity (Wildman–Crippen MR) is 63.4 cm³/mol. The maximum absolute atomic E-state index is 11.8. The minimum atomic E-state index is -1.06. The first kappa shape index (κ1) is 13.4. The predicted octanol–water partition coefficient (Wildman–Crippen LogP) is 0.904. The van der Waals surface area contributed by atoms with Crippen LogP contribution in [0.2, 0.25) is 0 Å². The lowest BCUT2D eigenvalue weighted by atomic mass is 10.1. The molecule has 2 N–H and O–H groups in total.